The summed E-state index contributed by atoms with van der Waals surface area (Å²) in [5.74, 6) is 0.830. The second-order valence-corrected chi connectivity index (χ2v) is 8.91. The number of aryl methyl sites for hydroxylation is 1. The van der Waals surface area contributed by atoms with Crippen molar-refractivity contribution < 1.29 is 14.5 Å². The van der Waals surface area contributed by atoms with Gasteiger partial charge in [-0.3, -0.25) is 19.7 Å². The fraction of sp³-hybridized carbons (Fsp3) is 0.500. The highest BCUT2D eigenvalue weighted by molar-refractivity contribution is 8.00. The maximum Gasteiger partial charge on any atom is 0.270 e. The average molecular weight is 423 g/mol. The average Bonchev–Trinajstić information content (AvgIpc) is 2.97. The van der Waals surface area contributed by atoms with Crippen LogP contribution in [0, 0.1) is 16.0 Å². The summed E-state index contributed by atoms with van der Waals surface area (Å²) in [6.45, 7) is 3.79. The van der Waals surface area contributed by atoms with E-state index in [0.29, 0.717) is 15.4 Å². The highest BCUT2D eigenvalue weighted by Crippen LogP contribution is 2.22. The summed E-state index contributed by atoms with van der Waals surface area (Å²) in [7, 11) is 1.77. The lowest BCUT2D eigenvalue weighted by atomic mass is 9.99. The van der Waals surface area contributed by atoms with Crippen LogP contribution in [0.2, 0.25) is 0 Å². The van der Waals surface area contributed by atoms with Crippen LogP contribution in [-0.4, -0.2) is 50.8 Å². The molecule has 0 N–H and O–H groups in total. The number of hydrogen-bond acceptors (Lipinski definition) is 6. The van der Waals surface area contributed by atoms with Crippen LogP contribution in [0.1, 0.15) is 19.8 Å². The summed E-state index contributed by atoms with van der Waals surface area (Å²) < 4.78 is 2.44. The molecule has 2 aromatic rings. The molecule has 0 bridgehead atoms. The van der Waals surface area contributed by atoms with Gasteiger partial charge in [0.1, 0.15) is 0 Å². The Labute approximate surface area is 170 Å². The van der Waals surface area contributed by atoms with Gasteiger partial charge < -0.3 is 9.47 Å². The summed E-state index contributed by atoms with van der Waals surface area (Å²) >= 11 is 2.51. The lowest BCUT2D eigenvalue weighted by Gasteiger charge is -2.30. The molecule has 0 radical (unpaired) electrons. The van der Waals surface area contributed by atoms with Gasteiger partial charge in [0.05, 0.1) is 26.6 Å². The number of nitro benzene ring substituents is 1. The summed E-state index contributed by atoms with van der Waals surface area (Å²) in [5, 5.41) is 10.9. The second-order valence-electron chi connectivity index (χ2n) is 6.91. The Morgan fingerprint density at radius 2 is 2.04 bits per heavy atom. The Bertz CT molecular complexity index is 974. The Hall–Kier alpha value is -2.20. The van der Waals surface area contributed by atoms with Gasteiger partial charge in [-0.1, -0.05) is 18.3 Å². The molecule has 0 spiro atoms. The molecule has 0 atom stereocenters. The van der Waals surface area contributed by atoms with Crippen LogP contribution < -0.4 is 4.80 Å². The number of carbonyl (C=O) groups excluding carboxylic acids is 2. The lowest BCUT2D eigenvalue weighted by molar-refractivity contribution is -0.384. The van der Waals surface area contributed by atoms with Gasteiger partial charge in [-0.25, -0.2) is 0 Å². The van der Waals surface area contributed by atoms with Crippen molar-refractivity contribution in [1.82, 2.24) is 9.47 Å². The van der Waals surface area contributed by atoms with E-state index in [4.69, 9.17) is 0 Å². The SMILES string of the molecule is CC1CCN(C(=O)CSCC(=O)N=c2sc3cc([N+](=O)[O-])ccc3n2C)CC1. The highest BCUT2D eigenvalue weighted by atomic mass is 32.2. The number of nitro groups is 1. The standard InChI is InChI=1S/C18H22N4O4S2/c1-12-5-7-21(8-6-12)17(24)11-27-10-16(23)19-18-20(2)14-4-3-13(22(25)26)9-15(14)28-18/h3-4,9,12H,5-8,10-11H2,1-2H3. The van der Waals surface area contributed by atoms with Crippen molar-refractivity contribution in [1.29, 1.82) is 0 Å². The van der Waals surface area contributed by atoms with Gasteiger partial charge >= 0.3 is 0 Å². The number of fused-ring (bicyclic) bond motifs is 1. The number of carbonyl (C=O) groups is 2. The molecule has 1 aromatic carbocycles. The van der Waals surface area contributed by atoms with Crippen LogP contribution in [0.5, 0.6) is 0 Å². The molecule has 2 heterocycles. The van der Waals surface area contributed by atoms with Gasteiger partial charge in [0.15, 0.2) is 4.80 Å². The molecule has 1 aliphatic heterocycles. The first kappa shape index (κ1) is 20.5. The fourth-order valence-corrected chi connectivity index (χ4v) is 4.82. The first-order valence-corrected chi connectivity index (χ1v) is 11.0. The molecule has 10 heteroatoms. The minimum absolute atomic E-state index is 0.00778. The number of rotatable bonds is 5. The van der Waals surface area contributed by atoms with Crippen molar-refractivity contribution in [3.63, 3.8) is 0 Å². The zero-order chi connectivity index (χ0) is 20.3. The minimum Gasteiger partial charge on any atom is -0.342 e. The Balaban J connectivity index is 1.60. The Morgan fingerprint density at radius 1 is 1.32 bits per heavy atom. The summed E-state index contributed by atoms with van der Waals surface area (Å²) in [6.07, 6.45) is 2.07. The third-order valence-corrected chi connectivity index (χ3v) is 6.81. The largest absolute Gasteiger partial charge is 0.342 e. The zero-order valence-electron chi connectivity index (χ0n) is 15.8. The second kappa shape index (κ2) is 8.87. The van der Waals surface area contributed by atoms with Crippen molar-refractivity contribution in [2.45, 2.75) is 19.8 Å². The highest BCUT2D eigenvalue weighted by Gasteiger charge is 2.20. The van der Waals surface area contributed by atoms with Gasteiger partial charge in [-0.05, 0) is 24.8 Å². The number of nitrogens with zero attached hydrogens (tertiary/aromatic N) is 4. The minimum atomic E-state index is -0.447. The predicted octanol–water partition coefficient (Wildman–Crippen LogP) is 2.57. The van der Waals surface area contributed by atoms with Crippen LogP contribution >= 0.6 is 23.1 Å². The van der Waals surface area contributed by atoms with E-state index in [2.05, 4.69) is 11.9 Å². The first-order chi connectivity index (χ1) is 13.3. The number of thioether (sulfide) groups is 1. The van der Waals surface area contributed by atoms with E-state index in [0.717, 1.165) is 31.4 Å². The van der Waals surface area contributed by atoms with E-state index in [9.17, 15) is 19.7 Å². The van der Waals surface area contributed by atoms with Crippen molar-refractivity contribution in [2.24, 2.45) is 18.0 Å². The molecule has 0 saturated carbocycles. The number of non-ortho nitro benzene ring substituents is 1. The molecule has 0 aliphatic carbocycles. The van der Waals surface area contributed by atoms with Gasteiger partial charge in [0.25, 0.3) is 11.6 Å². The van der Waals surface area contributed by atoms with E-state index in [1.807, 2.05) is 4.90 Å². The normalized spacial score (nSPS) is 15.9. The lowest BCUT2D eigenvalue weighted by Crippen LogP contribution is -2.39. The number of benzene rings is 1. The van der Waals surface area contributed by atoms with Crippen LogP contribution in [0.25, 0.3) is 10.2 Å². The molecule has 1 saturated heterocycles. The van der Waals surface area contributed by atoms with Gasteiger partial charge in [0, 0.05) is 32.3 Å². The van der Waals surface area contributed by atoms with Crippen LogP contribution in [0.3, 0.4) is 0 Å². The fourth-order valence-electron chi connectivity index (χ4n) is 3.06. The number of amides is 2. The third-order valence-electron chi connectivity index (χ3n) is 4.81. The monoisotopic (exact) mass is 422 g/mol. The predicted molar refractivity (Wildman–Crippen MR) is 110 cm³/mol. The van der Waals surface area contributed by atoms with Gasteiger partial charge in [0.2, 0.25) is 5.91 Å². The van der Waals surface area contributed by atoms with Crippen LogP contribution in [0.15, 0.2) is 23.2 Å². The van der Waals surface area contributed by atoms with Crippen molar-refractivity contribution in [3.05, 3.63) is 33.1 Å². The summed E-state index contributed by atoms with van der Waals surface area (Å²) in [6, 6.07) is 4.57. The summed E-state index contributed by atoms with van der Waals surface area (Å²) in [5.41, 5.74) is 0.790. The molecule has 1 aliphatic rings. The number of aromatic nitrogens is 1. The molecule has 1 fully saturated rings. The number of thiazole rings is 1. The van der Waals surface area contributed by atoms with E-state index >= 15 is 0 Å². The van der Waals surface area contributed by atoms with E-state index in [-0.39, 0.29) is 29.0 Å². The van der Waals surface area contributed by atoms with Crippen molar-refractivity contribution in [2.75, 3.05) is 24.6 Å². The third kappa shape index (κ3) is 4.79. The van der Waals surface area contributed by atoms with Gasteiger partial charge in [-0.2, -0.15) is 4.99 Å². The smallest absolute Gasteiger partial charge is 0.270 e. The number of hydrogen-bond donors (Lipinski definition) is 0. The van der Waals surface area contributed by atoms with Gasteiger partial charge in [-0.15, -0.1) is 11.8 Å². The first-order valence-electron chi connectivity index (χ1n) is 9.02. The topological polar surface area (TPSA) is 97.8 Å². The van der Waals surface area contributed by atoms with Crippen molar-refractivity contribution >= 4 is 50.8 Å². The zero-order valence-corrected chi connectivity index (χ0v) is 17.4. The molecule has 2 amide bonds. The quantitative estimate of drug-likeness (QED) is 0.545. The molecule has 3 rings (SSSR count). The van der Waals surface area contributed by atoms with E-state index < -0.39 is 4.92 Å². The summed E-state index contributed by atoms with van der Waals surface area (Å²) in [4.78, 5) is 41.3. The Morgan fingerprint density at radius 3 is 2.71 bits per heavy atom. The Kier molecular flexibility index (Phi) is 6.50. The van der Waals surface area contributed by atoms with E-state index in [1.165, 1.54) is 35.2 Å². The molecule has 0 unspecified atom stereocenters. The molecule has 150 valence electrons. The molecular weight excluding hydrogens is 400 g/mol. The molecule has 8 nitrogen and oxygen atoms in total. The van der Waals surface area contributed by atoms with Crippen molar-refractivity contribution in [3.8, 4) is 0 Å². The van der Waals surface area contributed by atoms with Crippen LogP contribution in [-0.2, 0) is 16.6 Å². The van der Waals surface area contributed by atoms with E-state index in [1.54, 1.807) is 17.7 Å². The number of piperidine rings is 1. The molecule has 28 heavy (non-hydrogen) atoms. The molecule has 1 aromatic heterocycles. The molecular formula is C18H22N4O4S2. The maximum atomic E-state index is 12.2. The number of likely N-dealkylation sites (tertiary alicyclic amines) is 1. The van der Waals surface area contributed by atoms with Crippen LogP contribution in [0.4, 0.5) is 5.69 Å². The maximum absolute atomic E-state index is 12.2.